The van der Waals surface area contributed by atoms with Crippen molar-refractivity contribution in [1.82, 2.24) is 5.32 Å². The lowest BCUT2D eigenvalue weighted by Gasteiger charge is -2.47. The zero-order valence-corrected chi connectivity index (χ0v) is 15.5. The number of nitrogens with one attached hydrogen (secondary N) is 1. The van der Waals surface area contributed by atoms with Gasteiger partial charge in [0.25, 0.3) is 0 Å². The van der Waals surface area contributed by atoms with Crippen LogP contribution in [-0.2, 0) is 6.61 Å². The molecule has 1 aliphatic carbocycles. The van der Waals surface area contributed by atoms with Crippen molar-refractivity contribution in [3.63, 3.8) is 0 Å². The summed E-state index contributed by atoms with van der Waals surface area (Å²) in [6.45, 7) is 6.31. The smallest absolute Gasteiger partial charge is 0.134 e. The van der Waals surface area contributed by atoms with Crippen molar-refractivity contribution in [2.24, 2.45) is 17.8 Å². The number of aliphatic hydroxyl groups excluding tert-OH is 3. The summed E-state index contributed by atoms with van der Waals surface area (Å²) >= 11 is 0. The number of hydrogen-bond donors (Lipinski definition) is 5. The van der Waals surface area contributed by atoms with Crippen molar-refractivity contribution >= 4 is 0 Å². The van der Waals surface area contributed by atoms with Gasteiger partial charge in [-0.3, -0.25) is 5.32 Å². The fraction of sp³-hybridized carbons (Fsp3) is 0.700. The molecule has 1 saturated carbocycles. The van der Waals surface area contributed by atoms with Crippen LogP contribution in [0.1, 0.15) is 57.3 Å². The summed E-state index contributed by atoms with van der Waals surface area (Å²) in [5.41, 5.74) is 0.228. The fourth-order valence-corrected chi connectivity index (χ4v) is 4.17. The van der Waals surface area contributed by atoms with E-state index in [0.29, 0.717) is 17.9 Å². The highest BCUT2D eigenvalue weighted by molar-refractivity contribution is 5.24. The molecule has 1 aromatic rings. The second-order valence-electron chi connectivity index (χ2n) is 7.96. The third-order valence-electron chi connectivity index (χ3n) is 5.59. The van der Waals surface area contributed by atoms with Crippen molar-refractivity contribution in [1.29, 1.82) is 0 Å². The van der Waals surface area contributed by atoms with Gasteiger partial charge in [0.15, 0.2) is 0 Å². The molecule has 142 valence electrons. The van der Waals surface area contributed by atoms with E-state index in [9.17, 15) is 20.4 Å². The van der Waals surface area contributed by atoms with Crippen molar-refractivity contribution in [2.75, 3.05) is 6.54 Å². The van der Waals surface area contributed by atoms with E-state index < -0.39 is 17.9 Å². The average molecular weight is 351 g/mol. The third-order valence-corrected chi connectivity index (χ3v) is 5.59. The Morgan fingerprint density at radius 2 is 1.96 bits per heavy atom. The van der Waals surface area contributed by atoms with E-state index in [-0.39, 0.29) is 25.0 Å². The highest BCUT2D eigenvalue weighted by Crippen LogP contribution is 2.42. The molecule has 0 saturated heterocycles. The minimum atomic E-state index is -1.18. The molecule has 0 aliphatic heterocycles. The summed E-state index contributed by atoms with van der Waals surface area (Å²) in [6, 6.07) is 7.10. The Bertz CT molecular complexity index is 550. The second-order valence-corrected chi connectivity index (χ2v) is 7.96. The molecule has 1 aliphatic rings. The van der Waals surface area contributed by atoms with Gasteiger partial charge in [-0.25, -0.2) is 0 Å². The molecular formula is C20H33NO4. The molecule has 0 radical (unpaired) electrons. The summed E-state index contributed by atoms with van der Waals surface area (Å²) in [4.78, 5) is 0. The van der Waals surface area contributed by atoms with Gasteiger partial charge in [-0.15, -0.1) is 0 Å². The van der Waals surface area contributed by atoms with E-state index in [1.54, 1.807) is 24.3 Å². The lowest BCUT2D eigenvalue weighted by atomic mass is 9.66. The van der Waals surface area contributed by atoms with Crippen molar-refractivity contribution in [2.45, 2.75) is 64.6 Å². The molecule has 2 rings (SSSR count). The lowest BCUT2D eigenvalue weighted by Crippen LogP contribution is -2.59. The molecule has 2 unspecified atom stereocenters. The van der Waals surface area contributed by atoms with Gasteiger partial charge in [0.1, 0.15) is 11.8 Å². The zero-order chi connectivity index (χ0) is 18.6. The first-order valence-electron chi connectivity index (χ1n) is 9.29. The highest BCUT2D eigenvalue weighted by Gasteiger charge is 2.47. The first-order chi connectivity index (χ1) is 11.8. The monoisotopic (exact) mass is 351 g/mol. The Morgan fingerprint density at radius 3 is 2.60 bits per heavy atom. The van der Waals surface area contributed by atoms with E-state index in [2.05, 4.69) is 26.1 Å². The summed E-state index contributed by atoms with van der Waals surface area (Å²) in [5, 5.41) is 44.3. The largest absolute Gasteiger partial charge is 0.392 e. The standard InChI is InChI=1S/C20H33NO4/c1-13(2)17-8-7-14(3)10-20(17,25)19(24)21-11-18(23)16-6-4-5-15(9-16)12-22/h4-6,9,13-14,17-19,21-25H,7-8,10-12H2,1-3H3/t14-,17+,18?,19?,20+/m1/s1. The number of aliphatic hydroxyl groups is 4. The van der Waals surface area contributed by atoms with Crippen LogP contribution in [0.15, 0.2) is 24.3 Å². The summed E-state index contributed by atoms with van der Waals surface area (Å²) in [7, 11) is 0. The van der Waals surface area contributed by atoms with Gasteiger partial charge in [-0.2, -0.15) is 0 Å². The fourth-order valence-electron chi connectivity index (χ4n) is 4.17. The summed E-state index contributed by atoms with van der Waals surface area (Å²) in [5.74, 6) is 0.670. The molecule has 5 nitrogen and oxygen atoms in total. The van der Waals surface area contributed by atoms with E-state index in [4.69, 9.17) is 0 Å². The maximum Gasteiger partial charge on any atom is 0.134 e. The molecule has 0 heterocycles. The lowest BCUT2D eigenvalue weighted by molar-refractivity contribution is -0.165. The minimum Gasteiger partial charge on any atom is -0.392 e. The van der Waals surface area contributed by atoms with E-state index in [0.717, 1.165) is 18.4 Å². The number of benzene rings is 1. The molecular weight excluding hydrogens is 318 g/mol. The molecule has 25 heavy (non-hydrogen) atoms. The van der Waals surface area contributed by atoms with E-state index in [1.807, 2.05) is 0 Å². The third kappa shape index (κ3) is 4.80. The molecule has 5 atom stereocenters. The topological polar surface area (TPSA) is 93.0 Å². The summed E-state index contributed by atoms with van der Waals surface area (Å²) in [6.07, 6.45) is 0.616. The molecule has 1 aromatic carbocycles. The SMILES string of the molecule is CC(C)[C@@H]1CC[C@@H](C)C[C@@]1(O)C(O)NCC(O)c1cccc(CO)c1. The Hall–Kier alpha value is -0.980. The van der Waals surface area contributed by atoms with Crippen LogP contribution >= 0.6 is 0 Å². The van der Waals surface area contributed by atoms with Crippen LogP contribution in [0.2, 0.25) is 0 Å². The van der Waals surface area contributed by atoms with Crippen molar-refractivity contribution in [3.05, 3.63) is 35.4 Å². The highest BCUT2D eigenvalue weighted by atomic mass is 16.4. The van der Waals surface area contributed by atoms with Crippen LogP contribution in [0.5, 0.6) is 0 Å². The first kappa shape index (κ1) is 20.3. The molecule has 5 N–H and O–H groups in total. The Balaban J connectivity index is 2.02. The van der Waals surface area contributed by atoms with E-state index in [1.165, 1.54) is 0 Å². The summed E-state index contributed by atoms with van der Waals surface area (Å²) < 4.78 is 0. The van der Waals surface area contributed by atoms with Crippen molar-refractivity contribution < 1.29 is 20.4 Å². The molecule has 5 heteroatoms. The molecule has 0 aromatic heterocycles. The maximum atomic E-state index is 11.2. The molecule has 0 bridgehead atoms. The van der Waals surface area contributed by atoms with Crippen LogP contribution in [0, 0.1) is 17.8 Å². The minimum absolute atomic E-state index is 0.0288. The Morgan fingerprint density at radius 1 is 1.24 bits per heavy atom. The van der Waals surface area contributed by atoms with Gasteiger partial charge in [0, 0.05) is 6.54 Å². The van der Waals surface area contributed by atoms with Crippen LogP contribution < -0.4 is 5.32 Å². The van der Waals surface area contributed by atoms with Gasteiger partial charge >= 0.3 is 0 Å². The quantitative estimate of drug-likeness (QED) is 0.484. The van der Waals surface area contributed by atoms with Gasteiger partial charge in [0.2, 0.25) is 0 Å². The van der Waals surface area contributed by atoms with Crippen LogP contribution in [0.25, 0.3) is 0 Å². The zero-order valence-electron chi connectivity index (χ0n) is 15.5. The van der Waals surface area contributed by atoms with Gasteiger partial charge < -0.3 is 20.4 Å². The maximum absolute atomic E-state index is 11.2. The Labute approximate surface area is 150 Å². The molecule has 0 amide bonds. The number of rotatable bonds is 7. The van der Waals surface area contributed by atoms with Crippen LogP contribution in [0.4, 0.5) is 0 Å². The Kier molecular flexibility index (Phi) is 7.00. The molecule has 0 spiro atoms. The predicted octanol–water partition coefficient (Wildman–Crippen LogP) is 1.94. The second kappa shape index (κ2) is 8.60. The van der Waals surface area contributed by atoms with Gasteiger partial charge in [0.05, 0.1) is 12.7 Å². The first-order valence-corrected chi connectivity index (χ1v) is 9.29. The predicted molar refractivity (Wildman–Crippen MR) is 97.6 cm³/mol. The normalized spacial score (nSPS) is 29.6. The van der Waals surface area contributed by atoms with Gasteiger partial charge in [-0.05, 0) is 41.7 Å². The van der Waals surface area contributed by atoms with Crippen LogP contribution in [0.3, 0.4) is 0 Å². The van der Waals surface area contributed by atoms with Crippen molar-refractivity contribution in [3.8, 4) is 0 Å². The van der Waals surface area contributed by atoms with E-state index >= 15 is 0 Å². The van der Waals surface area contributed by atoms with Crippen LogP contribution in [-0.4, -0.2) is 38.8 Å². The van der Waals surface area contributed by atoms with Gasteiger partial charge in [-0.1, -0.05) is 51.5 Å². The average Bonchev–Trinajstić information content (AvgIpc) is 2.58. The number of hydrogen-bond acceptors (Lipinski definition) is 5. The molecule has 1 fully saturated rings.